The SMILES string of the molecule is Cc1cncc(NS(=O)(=O)c2cc(N)ccc2C)c1. The molecule has 0 saturated carbocycles. The average molecular weight is 277 g/mol. The van der Waals surface area contributed by atoms with Crippen LogP contribution in [0.1, 0.15) is 11.1 Å². The molecule has 3 N–H and O–H groups in total. The Morgan fingerprint density at radius 1 is 1.16 bits per heavy atom. The zero-order valence-corrected chi connectivity index (χ0v) is 11.5. The molecule has 0 radical (unpaired) electrons. The lowest BCUT2D eigenvalue weighted by Gasteiger charge is -2.11. The average Bonchev–Trinajstić information content (AvgIpc) is 2.31. The van der Waals surface area contributed by atoms with Crippen LogP contribution >= 0.6 is 0 Å². The molecule has 0 aliphatic heterocycles. The van der Waals surface area contributed by atoms with Gasteiger partial charge >= 0.3 is 0 Å². The molecule has 0 atom stereocenters. The molecule has 0 bridgehead atoms. The van der Waals surface area contributed by atoms with E-state index < -0.39 is 10.0 Å². The van der Waals surface area contributed by atoms with Crippen molar-refractivity contribution in [3.8, 4) is 0 Å². The molecular weight excluding hydrogens is 262 g/mol. The minimum atomic E-state index is -3.65. The van der Waals surface area contributed by atoms with Gasteiger partial charge in [-0.2, -0.15) is 0 Å². The van der Waals surface area contributed by atoms with Crippen molar-refractivity contribution < 1.29 is 8.42 Å². The fourth-order valence-corrected chi connectivity index (χ4v) is 3.04. The van der Waals surface area contributed by atoms with Gasteiger partial charge < -0.3 is 5.73 Å². The highest BCUT2D eigenvalue weighted by atomic mass is 32.2. The fourth-order valence-electron chi connectivity index (χ4n) is 1.73. The highest BCUT2D eigenvalue weighted by molar-refractivity contribution is 7.92. The molecule has 1 heterocycles. The Morgan fingerprint density at radius 3 is 2.58 bits per heavy atom. The highest BCUT2D eigenvalue weighted by Crippen LogP contribution is 2.21. The van der Waals surface area contributed by atoms with Crippen molar-refractivity contribution in [1.82, 2.24) is 4.98 Å². The Kier molecular flexibility index (Phi) is 3.44. The third-order valence-electron chi connectivity index (χ3n) is 2.63. The van der Waals surface area contributed by atoms with Crippen LogP contribution in [0, 0.1) is 13.8 Å². The Labute approximate surface area is 112 Å². The highest BCUT2D eigenvalue weighted by Gasteiger charge is 2.17. The lowest BCUT2D eigenvalue weighted by molar-refractivity contribution is 0.600. The molecule has 6 heteroatoms. The van der Waals surface area contributed by atoms with Gasteiger partial charge in [0.05, 0.1) is 16.8 Å². The van der Waals surface area contributed by atoms with Crippen molar-refractivity contribution in [3.05, 3.63) is 47.8 Å². The second-order valence-corrected chi connectivity index (χ2v) is 6.03. The number of rotatable bonds is 3. The van der Waals surface area contributed by atoms with Crippen LogP contribution in [-0.4, -0.2) is 13.4 Å². The Balaban J connectivity index is 2.40. The molecular formula is C13H15N3O2S. The molecule has 19 heavy (non-hydrogen) atoms. The summed E-state index contributed by atoms with van der Waals surface area (Å²) in [5, 5.41) is 0. The third kappa shape index (κ3) is 3.03. The van der Waals surface area contributed by atoms with Crippen LogP contribution in [0.2, 0.25) is 0 Å². The zero-order valence-electron chi connectivity index (χ0n) is 10.7. The van der Waals surface area contributed by atoms with Crippen molar-refractivity contribution in [1.29, 1.82) is 0 Å². The first-order valence-corrected chi connectivity index (χ1v) is 7.17. The number of aromatic nitrogens is 1. The maximum absolute atomic E-state index is 12.3. The lowest BCUT2D eigenvalue weighted by atomic mass is 10.2. The first kappa shape index (κ1) is 13.4. The van der Waals surface area contributed by atoms with E-state index in [-0.39, 0.29) is 4.90 Å². The van der Waals surface area contributed by atoms with Crippen molar-refractivity contribution in [2.45, 2.75) is 18.7 Å². The lowest BCUT2D eigenvalue weighted by Crippen LogP contribution is -2.14. The largest absolute Gasteiger partial charge is 0.399 e. The number of sulfonamides is 1. The number of benzene rings is 1. The maximum atomic E-state index is 12.3. The van der Waals surface area contributed by atoms with E-state index in [1.54, 1.807) is 31.3 Å². The molecule has 0 fully saturated rings. The monoisotopic (exact) mass is 277 g/mol. The van der Waals surface area contributed by atoms with Crippen LogP contribution in [0.15, 0.2) is 41.6 Å². The summed E-state index contributed by atoms with van der Waals surface area (Å²) in [6, 6.07) is 6.51. The van der Waals surface area contributed by atoms with Crippen LogP contribution in [0.4, 0.5) is 11.4 Å². The Bertz CT molecular complexity index is 712. The van der Waals surface area contributed by atoms with E-state index in [0.29, 0.717) is 16.9 Å². The number of hydrogen-bond acceptors (Lipinski definition) is 4. The number of nitrogens with one attached hydrogen (secondary N) is 1. The van der Waals surface area contributed by atoms with Crippen molar-refractivity contribution in [3.63, 3.8) is 0 Å². The maximum Gasteiger partial charge on any atom is 0.262 e. The molecule has 0 spiro atoms. The molecule has 1 aromatic heterocycles. The molecule has 100 valence electrons. The van der Waals surface area contributed by atoms with Gasteiger partial charge in [0.1, 0.15) is 0 Å². The molecule has 2 aromatic rings. The summed E-state index contributed by atoms with van der Waals surface area (Å²) in [7, 11) is -3.65. The quantitative estimate of drug-likeness (QED) is 0.841. The Hall–Kier alpha value is -2.08. The van der Waals surface area contributed by atoms with Crippen molar-refractivity contribution >= 4 is 21.4 Å². The Morgan fingerprint density at radius 2 is 1.89 bits per heavy atom. The van der Waals surface area contributed by atoms with Gasteiger partial charge in [-0.05, 0) is 43.2 Å². The van der Waals surface area contributed by atoms with E-state index in [0.717, 1.165) is 5.56 Å². The summed E-state index contributed by atoms with van der Waals surface area (Å²) in [6.45, 7) is 3.57. The summed E-state index contributed by atoms with van der Waals surface area (Å²) in [4.78, 5) is 4.13. The summed E-state index contributed by atoms with van der Waals surface area (Å²) in [6.07, 6.45) is 3.12. The van der Waals surface area contributed by atoms with Gasteiger partial charge in [-0.15, -0.1) is 0 Å². The number of nitrogens with zero attached hydrogens (tertiary/aromatic N) is 1. The molecule has 0 amide bonds. The van der Waals surface area contributed by atoms with E-state index in [2.05, 4.69) is 9.71 Å². The van der Waals surface area contributed by atoms with Crippen molar-refractivity contribution in [2.75, 3.05) is 10.5 Å². The second kappa shape index (κ2) is 4.89. The van der Waals surface area contributed by atoms with E-state index >= 15 is 0 Å². The van der Waals surface area contributed by atoms with Gasteiger partial charge in [0.2, 0.25) is 0 Å². The van der Waals surface area contributed by atoms with Gasteiger partial charge in [-0.3, -0.25) is 9.71 Å². The first-order valence-electron chi connectivity index (χ1n) is 5.69. The topological polar surface area (TPSA) is 85.1 Å². The van der Waals surface area contributed by atoms with Crippen LogP contribution in [-0.2, 0) is 10.0 Å². The number of nitrogens with two attached hydrogens (primary N) is 1. The van der Waals surface area contributed by atoms with E-state index in [1.807, 2.05) is 6.92 Å². The summed E-state index contributed by atoms with van der Waals surface area (Å²) < 4.78 is 27.1. The van der Waals surface area contributed by atoms with Crippen LogP contribution in [0.25, 0.3) is 0 Å². The van der Waals surface area contributed by atoms with Gasteiger partial charge in [-0.25, -0.2) is 8.42 Å². The summed E-state index contributed by atoms with van der Waals surface area (Å²) >= 11 is 0. The number of pyridine rings is 1. The zero-order chi connectivity index (χ0) is 14.0. The van der Waals surface area contributed by atoms with Gasteiger partial charge in [0.15, 0.2) is 0 Å². The molecule has 2 rings (SSSR count). The van der Waals surface area contributed by atoms with Gasteiger partial charge in [0.25, 0.3) is 10.0 Å². The van der Waals surface area contributed by atoms with E-state index in [4.69, 9.17) is 5.73 Å². The van der Waals surface area contributed by atoms with Gasteiger partial charge in [0, 0.05) is 11.9 Å². The predicted octanol–water partition coefficient (Wildman–Crippen LogP) is 2.08. The third-order valence-corrected chi connectivity index (χ3v) is 4.15. The minimum Gasteiger partial charge on any atom is -0.399 e. The number of nitrogen functional groups attached to an aromatic ring is 1. The molecule has 0 unspecified atom stereocenters. The number of hydrogen-bond donors (Lipinski definition) is 2. The molecule has 0 aliphatic carbocycles. The van der Waals surface area contributed by atoms with Crippen LogP contribution in [0.5, 0.6) is 0 Å². The molecule has 0 aliphatic rings. The predicted molar refractivity (Wildman–Crippen MR) is 75.4 cm³/mol. The van der Waals surface area contributed by atoms with Crippen LogP contribution in [0.3, 0.4) is 0 Å². The normalized spacial score (nSPS) is 11.3. The van der Waals surface area contributed by atoms with E-state index in [1.165, 1.54) is 12.3 Å². The number of anilines is 2. The van der Waals surface area contributed by atoms with E-state index in [9.17, 15) is 8.42 Å². The fraction of sp³-hybridized carbons (Fsp3) is 0.154. The number of aryl methyl sites for hydroxylation is 2. The molecule has 1 aromatic carbocycles. The summed E-state index contributed by atoms with van der Waals surface area (Å²) in [5.41, 5.74) is 8.00. The van der Waals surface area contributed by atoms with Crippen molar-refractivity contribution in [2.24, 2.45) is 0 Å². The molecule has 5 nitrogen and oxygen atoms in total. The second-order valence-electron chi connectivity index (χ2n) is 4.38. The van der Waals surface area contributed by atoms with Crippen LogP contribution < -0.4 is 10.5 Å². The molecule has 0 saturated heterocycles. The smallest absolute Gasteiger partial charge is 0.262 e. The standard InChI is InChI=1S/C13H15N3O2S/c1-9-5-12(8-15-7-9)16-19(17,18)13-6-11(14)4-3-10(13)2/h3-8,16H,14H2,1-2H3. The van der Waals surface area contributed by atoms with Gasteiger partial charge in [-0.1, -0.05) is 6.07 Å². The minimum absolute atomic E-state index is 0.175. The first-order chi connectivity index (χ1) is 8.88. The summed E-state index contributed by atoms with van der Waals surface area (Å²) in [5.74, 6) is 0.